The summed E-state index contributed by atoms with van der Waals surface area (Å²) >= 11 is 1.58. The van der Waals surface area contributed by atoms with Crippen LogP contribution in [0.25, 0.3) is 0 Å². The molecule has 6 nitrogen and oxygen atoms in total. The molecule has 1 fully saturated rings. The van der Waals surface area contributed by atoms with Crippen LogP contribution in [-0.4, -0.2) is 47.2 Å². The van der Waals surface area contributed by atoms with E-state index in [9.17, 15) is 4.79 Å². The summed E-state index contributed by atoms with van der Waals surface area (Å²) in [5, 5.41) is 5.94. The van der Waals surface area contributed by atoms with Crippen molar-refractivity contribution in [1.82, 2.24) is 20.2 Å². The van der Waals surface area contributed by atoms with Gasteiger partial charge >= 0.3 is 6.03 Å². The number of aromatic nitrogens is 2. The van der Waals surface area contributed by atoms with Gasteiger partial charge in [-0.2, -0.15) is 0 Å². The lowest BCUT2D eigenvalue weighted by atomic mass is 10.2. The van der Waals surface area contributed by atoms with Crippen LogP contribution in [0.4, 0.5) is 4.79 Å². The molecule has 2 aromatic heterocycles. The van der Waals surface area contributed by atoms with Gasteiger partial charge in [0.1, 0.15) is 11.0 Å². The van der Waals surface area contributed by atoms with Crippen molar-refractivity contribution < 1.29 is 9.53 Å². The predicted molar refractivity (Wildman–Crippen MR) is 93.2 cm³/mol. The SMILES string of the molecule is Cc1ccc(CCNC(=O)N2CCOC[C@H]2c2nc(C)cs2)cn1. The maximum absolute atomic E-state index is 12.6. The van der Waals surface area contributed by atoms with Gasteiger partial charge in [0.15, 0.2) is 0 Å². The lowest BCUT2D eigenvalue weighted by molar-refractivity contribution is 0.0116. The summed E-state index contributed by atoms with van der Waals surface area (Å²) in [4.78, 5) is 23.2. The highest BCUT2D eigenvalue weighted by Gasteiger charge is 2.30. The van der Waals surface area contributed by atoms with Crippen LogP contribution in [-0.2, 0) is 11.2 Å². The van der Waals surface area contributed by atoms with Gasteiger partial charge in [0.25, 0.3) is 0 Å². The summed E-state index contributed by atoms with van der Waals surface area (Å²) < 4.78 is 5.55. The first-order chi connectivity index (χ1) is 11.6. The smallest absolute Gasteiger partial charge is 0.318 e. The molecule has 7 heteroatoms. The van der Waals surface area contributed by atoms with Gasteiger partial charge in [-0.3, -0.25) is 4.98 Å². The predicted octanol–water partition coefficient (Wildman–Crippen LogP) is 2.48. The topological polar surface area (TPSA) is 67.4 Å². The van der Waals surface area contributed by atoms with Gasteiger partial charge in [0.2, 0.25) is 0 Å². The molecular weight excluding hydrogens is 324 g/mol. The van der Waals surface area contributed by atoms with Crippen LogP contribution in [0.3, 0.4) is 0 Å². The number of aryl methyl sites for hydroxylation is 2. The molecule has 24 heavy (non-hydrogen) atoms. The molecule has 1 aliphatic rings. The molecule has 0 saturated carbocycles. The van der Waals surface area contributed by atoms with Crippen molar-refractivity contribution in [2.24, 2.45) is 0 Å². The molecule has 128 valence electrons. The number of morpholine rings is 1. The fourth-order valence-corrected chi connectivity index (χ4v) is 3.53. The van der Waals surface area contributed by atoms with Gasteiger partial charge in [-0.15, -0.1) is 11.3 Å². The summed E-state index contributed by atoms with van der Waals surface area (Å²) in [6.45, 7) is 6.17. The minimum atomic E-state index is -0.0986. The number of carbonyl (C=O) groups excluding carboxylic acids is 1. The highest BCUT2D eigenvalue weighted by atomic mass is 32.1. The van der Waals surface area contributed by atoms with Crippen LogP contribution in [0.1, 0.15) is 28.0 Å². The number of ether oxygens (including phenoxy) is 1. The number of amides is 2. The highest BCUT2D eigenvalue weighted by molar-refractivity contribution is 7.09. The minimum Gasteiger partial charge on any atom is -0.377 e. The fourth-order valence-electron chi connectivity index (χ4n) is 2.64. The van der Waals surface area contributed by atoms with Crippen LogP contribution in [0.5, 0.6) is 0 Å². The van der Waals surface area contributed by atoms with E-state index in [-0.39, 0.29) is 12.1 Å². The largest absolute Gasteiger partial charge is 0.377 e. The van der Waals surface area contributed by atoms with Crippen molar-refractivity contribution >= 4 is 17.4 Å². The van der Waals surface area contributed by atoms with Crippen molar-refractivity contribution in [3.05, 3.63) is 45.7 Å². The van der Waals surface area contributed by atoms with Crippen molar-refractivity contribution in [2.45, 2.75) is 26.3 Å². The van der Waals surface area contributed by atoms with E-state index in [1.165, 1.54) is 0 Å². The lowest BCUT2D eigenvalue weighted by Crippen LogP contribution is -2.48. The third kappa shape index (κ3) is 4.10. The second kappa shape index (κ2) is 7.72. The van der Waals surface area contributed by atoms with Crippen LogP contribution in [0, 0.1) is 13.8 Å². The van der Waals surface area contributed by atoms with E-state index in [0.717, 1.165) is 28.4 Å². The first-order valence-corrected chi connectivity index (χ1v) is 8.97. The molecule has 1 N–H and O–H groups in total. The van der Waals surface area contributed by atoms with Crippen molar-refractivity contribution in [1.29, 1.82) is 0 Å². The van der Waals surface area contributed by atoms with Crippen LogP contribution in [0.15, 0.2) is 23.7 Å². The zero-order valence-electron chi connectivity index (χ0n) is 14.0. The number of pyridine rings is 1. The fraction of sp³-hybridized carbons (Fsp3) is 0.471. The Balaban J connectivity index is 1.57. The number of hydrogen-bond acceptors (Lipinski definition) is 5. The first kappa shape index (κ1) is 16.9. The molecule has 1 atom stereocenters. The van der Waals surface area contributed by atoms with Gasteiger partial charge in [-0.05, 0) is 31.9 Å². The summed E-state index contributed by atoms with van der Waals surface area (Å²) in [7, 11) is 0. The Morgan fingerprint density at radius 3 is 3.00 bits per heavy atom. The molecule has 3 heterocycles. The highest BCUT2D eigenvalue weighted by Crippen LogP contribution is 2.26. The van der Waals surface area contributed by atoms with Gasteiger partial charge in [0, 0.05) is 36.1 Å². The normalized spacial score (nSPS) is 17.8. The maximum atomic E-state index is 12.6. The number of hydrogen-bond donors (Lipinski definition) is 1. The molecule has 1 aliphatic heterocycles. The van der Waals surface area contributed by atoms with Gasteiger partial charge in [0.05, 0.1) is 13.2 Å². The quantitative estimate of drug-likeness (QED) is 0.923. The second-order valence-electron chi connectivity index (χ2n) is 5.90. The lowest BCUT2D eigenvalue weighted by Gasteiger charge is -2.34. The van der Waals surface area contributed by atoms with E-state index in [2.05, 4.69) is 15.3 Å². The third-order valence-corrected chi connectivity index (χ3v) is 5.04. The Morgan fingerprint density at radius 2 is 2.29 bits per heavy atom. The van der Waals surface area contributed by atoms with Crippen LogP contribution in [0.2, 0.25) is 0 Å². The Kier molecular flexibility index (Phi) is 5.42. The number of thiazole rings is 1. The second-order valence-corrected chi connectivity index (χ2v) is 6.79. The van der Waals surface area contributed by atoms with E-state index in [0.29, 0.717) is 26.3 Å². The van der Waals surface area contributed by atoms with Crippen molar-refractivity contribution in [3.8, 4) is 0 Å². The van der Waals surface area contributed by atoms with E-state index >= 15 is 0 Å². The van der Waals surface area contributed by atoms with E-state index in [1.54, 1.807) is 11.3 Å². The molecule has 0 spiro atoms. The van der Waals surface area contributed by atoms with Crippen LogP contribution >= 0.6 is 11.3 Å². The number of nitrogens with zero attached hydrogens (tertiary/aromatic N) is 3. The average molecular weight is 346 g/mol. The van der Waals surface area contributed by atoms with Crippen molar-refractivity contribution in [2.75, 3.05) is 26.3 Å². The van der Waals surface area contributed by atoms with E-state index < -0.39 is 0 Å². The van der Waals surface area contributed by atoms with Gasteiger partial charge < -0.3 is 15.0 Å². The van der Waals surface area contributed by atoms with Gasteiger partial charge in [-0.1, -0.05) is 6.07 Å². The molecular formula is C17H22N4O2S. The maximum Gasteiger partial charge on any atom is 0.318 e. The zero-order chi connectivity index (χ0) is 16.9. The number of rotatable bonds is 4. The molecule has 0 unspecified atom stereocenters. The third-order valence-electron chi connectivity index (χ3n) is 3.97. The first-order valence-electron chi connectivity index (χ1n) is 8.09. The zero-order valence-corrected chi connectivity index (χ0v) is 14.8. The average Bonchev–Trinajstić information content (AvgIpc) is 3.03. The monoisotopic (exact) mass is 346 g/mol. The van der Waals surface area contributed by atoms with Crippen molar-refractivity contribution in [3.63, 3.8) is 0 Å². The number of nitrogens with one attached hydrogen (secondary N) is 1. The standard InChI is InChI=1S/C17H22N4O2S/c1-12-3-4-14(9-19-12)5-6-18-17(22)21-7-8-23-10-15(21)16-20-13(2)11-24-16/h3-4,9,11,15H,5-8,10H2,1-2H3,(H,18,22)/t15-/m0/s1. The number of carbonyl (C=O) groups is 1. The molecule has 2 aromatic rings. The van der Waals surface area contributed by atoms with E-state index in [1.807, 2.05) is 42.5 Å². The molecule has 0 radical (unpaired) electrons. The number of urea groups is 1. The Hall–Kier alpha value is -1.99. The summed E-state index contributed by atoms with van der Waals surface area (Å²) in [5.41, 5.74) is 3.10. The molecule has 0 aliphatic carbocycles. The van der Waals surface area contributed by atoms with Gasteiger partial charge in [-0.25, -0.2) is 9.78 Å². The minimum absolute atomic E-state index is 0.0591. The summed E-state index contributed by atoms with van der Waals surface area (Å²) in [6, 6.07) is 3.87. The molecule has 0 aromatic carbocycles. The summed E-state index contributed by atoms with van der Waals surface area (Å²) in [5.74, 6) is 0. The molecule has 3 rings (SSSR count). The molecule has 0 bridgehead atoms. The Bertz CT molecular complexity index is 686. The van der Waals surface area contributed by atoms with Crippen LogP contribution < -0.4 is 5.32 Å². The van der Waals surface area contributed by atoms with E-state index in [4.69, 9.17) is 4.74 Å². The molecule has 1 saturated heterocycles. The molecule has 2 amide bonds. The Morgan fingerprint density at radius 1 is 1.42 bits per heavy atom. The summed E-state index contributed by atoms with van der Waals surface area (Å²) in [6.07, 6.45) is 2.63. The Labute approximate surface area is 145 Å².